The lowest BCUT2D eigenvalue weighted by atomic mass is 10.3. The van der Waals surface area contributed by atoms with Gasteiger partial charge in [0.25, 0.3) is 0 Å². The number of hydrogen-bond donors (Lipinski definition) is 1. The first-order valence-corrected chi connectivity index (χ1v) is 8.81. The van der Waals surface area contributed by atoms with Crippen LogP contribution in [-0.4, -0.2) is 55.2 Å². The fraction of sp³-hybridized carbons (Fsp3) is 0.357. The minimum absolute atomic E-state index is 0.202. The van der Waals surface area contributed by atoms with Crippen LogP contribution in [-0.2, 0) is 4.74 Å². The maximum Gasteiger partial charge on any atom is 0.350 e. The molecular weight excluding hydrogens is 336 g/mol. The molecule has 2 amide bonds. The number of thiazole rings is 1. The van der Waals surface area contributed by atoms with Crippen LogP contribution in [0.5, 0.6) is 0 Å². The second-order valence-electron chi connectivity index (χ2n) is 4.87. The molecule has 0 bridgehead atoms. The van der Waals surface area contributed by atoms with E-state index in [9.17, 15) is 9.59 Å². The summed E-state index contributed by atoms with van der Waals surface area (Å²) in [5, 5.41) is 7.47. The Morgan fingerprint density at radius 3 is 2.65 bits per heavy atom. The van der Waals surface area contributed by atoms with Gasteiger partial charge in [-0.05, 0) is 11.4 Å². The summed E-state index contributed by atoms with van der Waals surface area (Å²) in [6, 6.07) is 1.51. The predicted molar refractivity (Wildman–Crippen MR) is 90.6 cm³/mol. The van der Waals surface area contributed by atoms with Crippen LogP contribution in [0.25, 0.3) is 0 Å². The van der Waals surface area contributed by atoms with Gasteiger partial charge in [0.05, 0.1) is 12.8 Å². The number of rotatable bonds is 3. The molecule has 23 heavy (non-hydrogen) atoms. The highest BCUT2D eigenvalue weighted by Crippen LogP contribution is 2.24. The van der Waals surface area contributed by atoms with Crippen molar-refractivity contribution in [2.45, 2.75) is 0 Å². The van der Waals surface area contributed by atoms with E-state index < -0.39 is 5.97 Å². The molecule has 1 aliphatic rings. The zero-order valence-electron chi connectivity index (χ0n) is 12.5. The predicted octanol–water partition coefficient (Wildman–Crippen LogP) is 2.35. The van der Waals surface area contributed by atoms with Crippen LogP contribution in [0.1, 0.15) is 9.67 Å². The first kappa shape index (κ1) is 15.8. The van der Waals surface area contributed by atoms with Crippen LogP contribution in [0.2, 0.25) is 0 Å². The third kappa shape index (κ3) is 3.45. The van der Waals surface area contributed by atoms with Crippen LogP contribution in [0.4, 0.5) is 15.6 Å². The number of methoxy groups -OCH3 is 1. The van der Waals surface area contributed by atoms with E-state index >= 15 is 0 Å². The fourth-order valence-electron chi connectivity index (χ4n) is 2.33. The van der Waals surface area contributed by atoms with Crippen LogP contribution in [0.3, 0.4) is 0 Å². The molecule has 0 radical (unpaired) electrons. The summed E-state index contributed by atoms with van der Waals surface area (Å²) >= 11 is 2.84. The van der Waals surface area contributed by atoms with Crippen molar-refractivity contribution >= 4 is 45.5 Å². The molecule has 2 aromatic rings. The highest BCUT2D eigenvalue weighted by atomic mass is 32.1. The van der Waals surface area contributed by atoms with Gasteiger partial charge >= 0.3 is 12.0 Å². The number of anilines is 2. The lowest BCUT2D eigenvalue weighted by molar-refractivity contribution is 0.0607. The number of carbonyl (C=O) groups is 2. The van der Waals surface area contributed by atoms with Crippen molar-refractivity contribution in [3.63, 3.8) is 0 Å². The van der Waals surface area contributed by atoms with Gasteiger partial charge in [0.15, 0.2) is 5.13 Å². The molecule has 2 aromatic heterocycles. The highest BCUT2D eigenvalue weighted by molar-refractivity contribution is 7.13. The lowest BCUT2D eigenvalue weighted by Crippen LogP contribution is -2.50. The van der Waals surface area contributed by atoms with E-state index in [0.29, 0.717) is 23.7 Å². The van der Waals surface area contributed by atoms with E-state index in [1.165, 1.54) is 18.4 Å². The van der Waals surface area contributed by atoms with Gasteiger partial charge in [-0.15, -0.1) is 22.7 Å². The first-order chi connectivity index (χ1) is 11.2. The minimum Gasteiger partial charge on any atom is -0.465 e. The van der Waals surface area contributed by atoms with Gasteiger partial charge in [0.2, 0.25) is 0 Å². The van der Waals surface area contributed by atoms with E-state index in [2.05, 4.69) is 15.2 Å². The van der Waals surface area contributed by atoms with E-state index in [1.54, 1.807) is 33.9 Å². The number of amides is 2. The number of nitrogens with zero attached hydrogens (tertiary/aromatic N) is 3. The monoisotopic (exact) mass is 352 g/mol. The van der Waals surface area contributed by atoms with Gasteiger partial charge in [-0.2, -0.15) is 0 Å². The van der Waals surface area contributed by atoms with Gasteiger partial charge in [-0.3, -0.25) is 0 Å². The summed E-state index contributed by atoms with van der Waals surface area (Å²) in [6.07, 6.45) is 1.78. The van der Waals surface area contributed by atoms with Gasteiger partial charge in [-0.25, -0.2) is 14.6 Å². The number of nitrogens with one attached hydrogen (secondary N) is 1. The second-order valence-corrected chi connectivity index (χ2v) is 6.66. The Hall–Kier alpha value is -2.13. The topological polar surface area (TPSA) is 74.8 Å². The Labute approximate surface area is 141 Å². The number of ether oxygens (including phenoxy) is 1. The quantitative estimate of drug-likeness (QED) is 0.858. The molecular formula is C14H16N4O3S2. The smallest absolute Gasteiger partial charge is 0.350 e. The van der Waals surface area contributed by atoms with E-state index in [-0.39, 0.29) is 6.03 Å². The number of thiophene rings is 1. The number of carbonyl (C=O) groups excluding carboxylic acids is 2. The number of urea groups is 1. The maximum absolute atomic E-state index is 12.4. The number of aromatic nitrogens is 1. The van der Waals surface area contributed by atoms with Crippen LogP contribution >= 0.6 is 22.7 Å². The van der Waals surface area contributed by atoms with Crippen molar-refractivity contribution in [3.8, 4) is 0 Å². The maximum atomic E-state index is 12.4. The molecule has 1 fully saturated rings. The Morgan fingerprint density at radius 1 is 1.22 bits per heavy atom. The Kier molecular flexibility index (Phi) is 4.77. The fourth-order valence-corrected chi connectivity index (χ4v) is 3.79. The van der Waals surface area contributed by atoms with Crippen molar-refractivity contribution in [2.24, 2.45) is 0 Å². The molecule has 0 atom stereocenters. The largest absolute Gasteiger partial charge is 0.465 e. The number of piperazine rings is 1. The van der Waals surface area contributed by atoms with Crippen molar-refractivity contribution in [2.75, 3.05) is 43.5 Å². The average molecular weight is 352 g/mol. The van der Waals surface area contributed by atoms with E-state index in [4.69, 9.17) is 4.74 Å². The Bertz CT molecular complexity index is 678. The molecule has 122 valence electrons. The molecule has 1 aliphatic heterocycles. The van der Waals surface area contributed by atoms with Gasteiger partial charge < -0.3 is 19.9 Å². The first-order valence-electron chi connectivity index (χ1n) is 7.05. The minimum atomic E-state index is -0.441. The SMILES string of the molecule is COC(=O)c1sccc1NC(=O)N1CCN(c2nccs2)CC1. The molecule has 9 heteroatoms. The van der Waals surface area contributed by atoms with Crippen LogP contribution in [0.15, 0.2) is 23.0 Å². The molecule has 7 nitrogen and oxygen atoms in total. The third-order valence-corrected chi connectivity index (χ3v) is 5.26. The third-order valence-electron chi connectivity index (χ3n) is 3.53. The van der Waals surface area contributed by atoms with Crippen LogP contribution < -0.4 is 10.2 Å². The zero-order chi connectivity index (χ0) is 16.2. The summed E-state index contributed by atoms with van der Waals surface area (Å²) in [5.41, 5.74) is 0.495. The summed E-state index contributed by atoms with van der Waals surface area (Å²) in [6.45, 7) is 2.72. The van der Waals surface area contributed by atoms with Gasteiger partial charge in [-0.1, -0.05) is 0 Å². The molecule has 0 spiro atoms. The normalized spacial score (nSPS) is 14.7. The highest BCUT2D eigenvalue weighted by Gasteiger charge is 2.24. The average Bonchev–Trinajstić information content (AvgIpc) is 3.26. The molecule has 0 unspecified atom stereocenters. The van der Waals surface area contributed by atoms with E-state index in [1.807, 2.05) is 5.38 Å². The summed E-state index contributed by atoms with van der Waals surface area (Å²) in [4.78, 5) is 32.6. The lowest BCUT2D eigenvalue weighted by Gasteiger charge is -2.34. The molecule has 1 N–H and O–H groups in total. The molecule has 0 aliphatic carbocycles. The molecule has 0 saturated carbocycles. The number of hydrogen-bond acceptors (Lipinski definition) is 7. The van der Waals surface area contributed by atoms with Crippen LogP contribution in [0, 0.1) is 0 Å². The Balaban J connectivity index is 1.58. The molecule has 1 saturated heterocycles. The van der Waals surface area contributed by atoms with Crippen molar-refractivity contribution in [1.82, 2.24) is 9.88 Å². The standard InChI is InChI=1S/C14H16N4O3S2/c1-21-12(19)11-10(2-8-22-11)16-13(20)17-4-6-18(7-5-17)14-15-3-9-23-14/h2-3,8-9H,4-7H2,1H3,(H,16,20). The summed E-state index contributed by atoms with van der Waals surface area (Å²) in [7, 11) is 1.32. The summed E-state index contributed by atoms with van der Waals surface area (Å²) < 4.78 is 4.71. The van der Waals surface area contributed by atoms with Gasteiger partial charge in [0, 0.05) is 37.8 Å². The van der Waals surface area contributed by atoms with E-state index in [0.717, 1.165) is 18.2 Å². The van der Waals surface area contributed by atoms with Crippen molar-refractivity contribution in [3.05, 3.63) is 27.9 Å². The molecule has 3 rings (SSSR count). The number of esters is 1. The zero-order valence-corrected chi connectivity index (χ0v) is 14.2. The molecule has 3 heterocycles. The second kappa shape index (κ2) is 6.97. The van der Waals surface area contributed by atoms with Crippen molar-refractivity contribution < 1.29 is 14.3 Å². The summed E-state index contributed by atoms with van der Waals surface area (Å²) in [5.74, 6) is -0.441. The molecule has 0 aromatic carbocycles. The van der Waals surface area contributed by atoms with Crippen molar-refractivity contribution in [1.29, 1.82) is 0 Å². The Morgan fingerprint density at radius 2 is 2.00 bits per heavy atom. The van der Waals surface area contributed by atoms with Gasteiger partial charge in [0.1, 0.15) is 4.88 Å².